The summed E-state index contributed by atoms with van der Waals surface area (Å²) < 4.78 is 31.7. The van der Waals surface area contributed by atoms with E-state index in [-0.39, 0.29) is 17.5 Å². The fraction of sp³-hybridized carbons (Fsp3) is 0.250. The Kier molecular flexibility index (Phi) is 5.41. The molecular formula is C16H14ClF2N3O2S. The van der Waals surface area contributed by atoms with Gasteiger partial charge in [0, 0.05) is 28.3 Å². The summed E-state index contributed by atoms with van der Waals surface area (Å²) in [7, 11) is 0. The van der Waals surface area contributed by atoms with Crippen molar-refractivity contribution in [2.75, 3.05) is 12.4 Å². The first-order valence-electron chi connectivity index (χ1n) is 7.33. The number of aliphatic hydroxyl groups is 1. The number of benzene rings is 1. The quantitative estimate of drug-likeness (QED) is 0.512. The molecule has 0 radical (unpaired) electrons. The molecule has 0 aliphatic carbocycles. The summed E-state index contributed by atoms with van der Waals surface area (Å²) in [6, 6.07) is 6.44. The lowest BCUT2D eigenvalue weighted by atomic mass is 10.2. The number of pyridine rings is 1. The van der Waals surface area contributed by atoms with Crippen LogP contribution in [0.5, 0.6) is 5.75 Å². The molecule has 0 spiro atoms. The van der Waals surface area contributed by atoms with E-state index in [0.717, 1.165) is 10.3 Å². The van der Waals surface area contributed by atoms with Gasteiger partial charge in [-0.1, -0.05) is 11.6 Å². The molecule has 2 heterocycles. The zero-order valence-corrected chi connectivity index (χ0v) is 14.7. The SMILES string of the molecule is Cc1nn(-c2cc(SCCO)ccc2OC(F)F)c2cc(Cl)ncc12. The summed E-state index contributed by atoms with van der Waals surface area (Å²) >= 11 is 7.38. The number of aryl methyl sites for hydroxylation is 1. The van der Waals surface area contributed by atoms with Crippen molar-refractivity contribution in [3.05, 3.63) is 41.3 Å². The molecule has 1 aromatic carbocycles. The van der Waals surface area contributed by atoms with E-state index in [0.29, 0.717) is 22.7 Å². The lowest BCUT2D eigenvalue weighted by Crippen LogP contribution is -2.07. The highest BCUT2D eigenvalue weighted by Crippen LogP contribution is 2.33. The van der Waals surface area contributed by atoms with Gasteiger partial charge in [-0.05, 0) is 25.1 Å². The fourth-order valence-electron chi connectivity index (χ4n) is 2.43. The number of ether oxygens (including phenoxy) is 1. The molecule has 0 bridgehead atoms. The van der Waals surface area contributed by atoms with Gasteiger partial charge >= 0.3 is 6.61 Å². The van der Waals surface area contributed by atoms with Crippen molar-refractivity contribution in [2.24, 2.45) is 0 Å². The van der Waals surface area contributed by atoms with E-state index < -0.39 is 6.61 Å². The minimum Gasteiger partial charge on any atom is -0.433 e. The van der Waals surface area contributed by atoms with Gasteiger partial charge < -0.3 is 9.84 Å². The maximum absolute atomic E-state index is 12.8. The molecule has 0 saturated carbocycles. The normalized spacial score (nSPS) is 11.4. The van der Waals surface area contributed by atoms with Gasteiger partial charge in [0.05, 0.1) is 17.8 Å². The number of thioether (sulfide) groups is 1. The number of aromatic nitrogens is 3. The summed E-state index contributed by atoms with van der Waals surface area (Å²) in [5, 5.41) is 14.4. The molecule has 0 fully saturated rings. The first kappa shape index (κ1) is 17.9. The molecule has 0 amide bonds. The first-order valence-corrected chi connectivity index (χ1v) is 8.69. The predicted molar refractivity (Wildman–Crippen MR) is 93.1 cm³/mol. The van der Waals surface area contributed by atoms with Gasteiger partial charge in [0.2, 0.25) is 0 Å². The average Bonchev–Trinajstić information content (AvgIpc) is 2.89. The van der Waals surface area contributed by atoms with Crippen molar-refractivity contribution >= 4 is 34.3 Å². The van der Waals surface area contributed by atoms with Gasteiger partial charge in [-0.15, -0.1) is 11.8 Å². The number of nitrogens with zero attached hydrogens (tertiary/aromatic N) is 3. The van der Waals surface area contributed by atoms with Crippen LogP contribution in [0.4, 0.5) is 8.78 Å². The zero-order valence-electron chi connectivity index (χ0n) is 13.1. The Balaban J connectivity index is 2.18. The van der Waals surface area contributed by atoms with Gasteiger partial charge in [0.15, 0.2) is 5.75 Å². The second kappa shape index (κ2) is 7.55. The number of halogens is 3. The first-order chi connectivity index (χ1) is 12.0. The number of hydrogen-bond donors (Lipinski definition) is 1. The van der Waals surface area contributed by atoms with Crippen molar-refractivity contribution in [3.8, 4) is 11.4 Å². The topological polar surface area (TPSA) is 60.2 Å². The second-order valence-corrected chi connectivity index (χ2v) is 6.66. The van der Waals surface area contributed by atoms with Crippen LogP contribution >= 0.6 is 23.4 Å². The average molecular weight is 386 g/mol. The Morgan fingerprint density at radius 2 is 2.16 bits per heavy atom. The van der Waals surface area contributed by atoms with Crippen LogP contribution in [0.1, 0.15) is 5.69 Å². The molecule has 1 N–H and O–H groups in total. The Bertz CT molecular complexity index is 904. The third kappa shape index (κ3) is 3.86. The van der Waals surface area contributed by atoms with Crippen LogP contribution in [0.3, 0.4) is 0 Å². The third-order valence-electron chi connectivity index (χ3n) is 3.45. The predicted octanol–water partition coefficient (Wildman–Crippen LogP) is 4.07. The molecule has 0 saturated heterocycles. The number of aliphatic hydroxyl groups excluding tert-OH is 1. The summed E-state index contributed by atoms with van der Waals surface area (Å²) in [5.74, 6) is 0.490. The largest absolute Gasteiger partial charge is 0.433 e. The molecule has 9 heteroatoms. The number of hydrogen-bond acceptors (Lipinski definition) is 5. The highest BCUT2D eigenvalue weighted by Gasteiger charge is 2.17. The van der Waals surface area contributed by atoms with Crippen LogP contribution in [0.15, 0.2) is 35.4 Å². The molecular weight excluding hydrogens is 372 g/mol. The molecule has 0 aliphatic heterocycles. The fourth-order valence-corrected chi connectivity index (χ4v) is 3.27. The van der Waals surface area contributed by atoms with E-state index in [1.807, 2.05) is 0 Å². The molecule has 2 aromatic heterocycles. The van der Waals surface area contributed by atoms with Gasteiger partial charge in [0.25, 0.3) is 0 Å². The maximum atomic E-state index is 12.8. The highest BCUT2D eigenvalue weighted by atomic mass is 35.5. The van der Waals surface area contributed by atoms with Crippen molar-refractivity contribution in [1.29, 1.82) is 0 Å². The van der Waals surface area contributed by atoms with E-state index in [9.17, 15) is 8.78 Å². The Morgan fingerprint density at radius 1 is 1.36 bits per heavy atom. The summed E-state index contributed by atoms with van der Waals surface area (Å²) in [6.45, 7) is -1.14. The van der Waals surface area contributed by atoms with Crippen LogP contribution in [0, 0.1) is 6.92 Å². The minimum atomic E-state index is -2.96. The molecule has 132 valence electrons. The summed E-state index contributed by atoms with van der Waals surface area (Å²) in [6.07, 6.45) is 1.59. The van der Waals surface area contributed by atoms with Crippen LogP contribution in [0.2, 0.25) is 5.15 Å². The molecule has 5 nitrogen and oxygen atoms in total. The third-order valence-corrected chi connectivity index (χ3v) is 4.63. The molecule has 3 aromatic rings. The Morgan fingerprint density at radius 3 is 2.88 bits per heavy atom. The van der Waals surface area contributed by atoms with Crippen molar-refractivity contribution in [1.82, 2.24) is 14.8 Å². The maximum Gasteiger partial charge on any atom is 0.387 e. The number of rotatable bonds is 6. The monoisotopic (exact) mass is 385 g/mol. The van der Waals surface area contributed by atoms with Crippen LogP contribution in [0.25, 0.3) is 16.6 Å². The van der Waals surface area contributed by atoms with E-state index >= 15 is 0 Å². The van der Waals surface area contributed by atoms with Gasteiger partial charge in [-0.3, -0.25) is 0 Å². The Labute approximate surface area is 151 Å². The smallest absolute Gasteiger partial charge is 0.387 e. The van der Waals surface area contributed by atoms with Crippen LogP contribution in [-0.2, 0) is 0 Å². The van der Waals surface area contributed by atoms with Crippen LogP contribution < -0.4 is 4.74 Å². The minimum absolute atomic E-state index is 0.000633. The van der Waals surface area contributed by atoms with Crippen molar-refractivity contribution < 1.29 is 18.6 Å². The van der Waals surface area contributed by atoms with E-state index in [1.54, 1.807) is 31.3 Å². The Hall–Kier alpha value is -1.90. The standard InChI is InChI=1S/C16H14ClF2N3O2S/c1-9-11-8-20-15(17)7-12(11)22(21-9)13-6-10(25-5-4-23)2-3-14(13)24-16(18)19/h2-3,6-8,16,23H,4-5H2,1H3. The zero-order chi connectivity index (χ0) is 18.0. The molecule has 0 aliphatic rings. The van der Waals surface area contributed by atoms with Gasteiger partial charge in [-0.2, -0.15) is 13.9 Å². The molecule has 25 heavy (non-hydrogen) atoms. The summed E-state index contributed by atoms with van der Waals surface area (Å²) in [4.78, 5) is 4.83. The van der Waals surface area contributed by atoms with Crippen molar-refractivity contribution in [3.63, 3.8) is 0 Å². The lowest BCUT2D eigenvalue weighted by molar-refractivity contribution is -0.0499. The van der Waals surface area contributed by atoms with Crippen molar-refractivity contribution in [2.45, 2.75) is 18.4 Å². The number of alkyl halides is 2. The summed E-state index contributed by atoms with van der Waals surface area (Å²) in [5.41, 5.74) is 1.69. The van der Waals surface area contributed by atoms with E-state index in [4.69, 9.17) is 16.7 Å². The molecule has 0 atom stereocenters. The van der Waals surface area contributed by atoms with E-state index in [2.05, 4.69) is 14.8 Å². The highest BCUT2D eigenvalue weighted by molar-refractivity contribution is 7.99. The van der Waals surface area contributed by atoms with Gasteiger partial charge in [0.1, 0.15) is 10.8 Å². The molecule has 0 unspecified atom stereocenters. The lowest BCUT2D eigenvalue weighted by Gasteiger charge is -2.13. The van der Waals surface area contributed by atoms with Gasteiger partial charge in [-0.25, -0.2) is 9.67 Å². The number of fused-ring (bicyclic) bond motifs is 1. The molecule has 3 rings (SSSR count). The second-order valence-electron chi connectivity index (χ2n) is 5.10. The van der Waals surface area contributed by atoms with E-state index in [1.165, 1.54) is 22.5 Å². The van der Waals surface area contributed by atoms with Crippen LogP contribution in [-0.4, -0.2) is 38.8 Å².